The number of aromatic nitrogens is 2. The van der Waals surface area contributed by atoms with Gasteiger partial charge in [0.1, 0.15) is 6.04 Å². The van der Waals surface area contributed by atoms with Gasteiger partial charge >= 0.3 is 0 Å². The molecule has 2 aliphatic carbocycles. The molecule has 1 aliphatic heterocycles. The molecule has 4 aromatic rings. The molecular weight excluding hydrogens is 541 g/mol. The second-order valence-electron chi connectivity index (χ2n) is 12.3. The fraction of sp³-hybridized carbons (Fsp3) is 0.343. The van der Waals surface area contributed by atoms with Gasteiger partial charge in [0.05, 0.1) is 17.7 Å². The Morgan fingerprint density at radius 3 is 2.40 bits per heavy atom. The largest absolute Gasteiger partial charge is 0.341 e. The summed E-state index contributed by atoms with van der Waals surface area (Å²) in [5.41, 5.74) is 8.72. The normalized spacial score (nSPS) is 18.8. The van der Waals surface area contributed by atoms with Gasteiger partial charge in [-0.05, 0) is 90.6 Å². The summed E-state index contributed by atoms with van der Waals surface area (Å²) in [6, 6.07) is 19.7. The van der Waals surface area contributed by atoms with Crippen molar-refractivity contribution in [2.24, 2.45) is 7.05 Å². The third-order valence-electron chi connectivity index (χ3n) is 9.29. The lowest BCUT2D eigenvalue weighted by molar-refractivity contribution is -0.131. The minimum Gasteiger partial charge on any atom is -0.341 e. The lowest BCUT2D eigenvalue weighted by atomic mass is 9.77. The van der Waals surface area contributed by atoms with E-state index < -0.39 is 17.6 Å². The van der Waals surface area contributed by atoms with Crippen LogP contribution < -0.4 is 16.0 Å². The van der Waals surface area contributed by atoms with Crippen LogP contribution >= 0.6 is 0 Å². The van der Waals surface area contributed by atoms with E-state index in [-0.39, 0.29) is 24.7 Å². The van der Waals surface area contributed by atoms with E-state index in [2.05, 4.69) is 57.3 Å². The van der Waals surface area contributed by atoms with Gasteiger partial charge in [-0.25, -0.2) is 9.37 Å². The number of anilines is 1. The van der Waals surface area contributed by atoms with Crippen LogP contribution in [-0.4, -0.2) is 33.1 Å². The first kappa shape index (κ1) is 27.5. The molecule has 2 atom stereocenters. The van der Waals surface area contributed by atoms with Crippen LogP contribution in [-0.2, 0) is 36.1 Å². The van der Waals surface area contributed by atoms with Gasteiger partial charge in [0.2, 0.25) is 5.91 Å². The van der Waals surface area contributed by atoms with E-state index in [1.54, 1.807) is 6.33 Å². The summed E-state index contributed by atoms with van der Waals surface area (Å²) >= 11 is 0. The molecular formula is C35H36FN5O2. The van der Waals surface area contributed by atoms with Crippen LogP contribution in [0.1, 0.15) is 59.5 Å². The van der Waals surface area contributed by atoms with Crippen LogP contribution in [0.2, 0.25) is 0 Å². The topological polar surface area (TPSA) is 88.1 Å². The molecule has 3 aromatic carbocycles. The van der Waals surface area contributed by atoms with E-state index in [1.807, 2.05) is 42.8 Å². The molecule has 220 valence electrons. The molecule has 0 saturated heterocycles. The van der Waals surface area contributed by atoms with Crippen molar-refractivity contribution in [1.29, 1.82) is 0 Å². The molecule has 8 heteroatoms. The number of carbonyl (C=O) groups excluding carboxylic acids is 2. The van der Waals surface area contributed by atoms with E-state index in [4.69, 9.17) is 0 Å². The number of amides is 2. The summed E-state index contributed by atoms with van der Waals surface area (Å²) < 4.78 is 16.9. The minimum absolute atomic E-state index is 0.195. The number of benzene rings is 3. The average molecular weight is 578 g/mol. The third kappa shape index (κ3) is 5.25. The maximum Gasteiger partial charge on any atom is 0.258 e. The number of nitrogens with zero attached hydrogens (tertiary/aromatic N) is 2. The van der Waals surface area contributed by atoms with E-state index in [0.717, 1.165) is 66.0 Å². The quantitative estimate of drug-likeness (QED) is 0.263. The van der Waals surface area contributed by atoms with Gasteiger partial charge in [0.25, 0.3) is 5.91 Å². The number of hydrogen-bond donors (Lipinski definition) is 3. The molecule has 1 aromatic heterocycles. The smallest absolute Gasteiger partial charge is 0.258 e. The number of nitrogens with one attached hydrogen (secondary N) is 3. The zero-order valence-electron chi connectivity index (χ0n) is 24.5. The van der Waals surface area contributed by atoms with E-state index in [0.29, 0.717) is 5.69 Å². The molecule has 3 N–H and O–H groups in total. The Hall–Kier alpha value is -4.30. The van der Waals surface area contributed by atoms with Crippen molar-refractivity contribution in [1.82, 2.24) is 20.2 Å². The van der Waals surface area contributed by atoms with Gasteiger partial charge in [-0.1, -0.05) is 42.5 Å². The van der Waals surface area contributed by atoms with Crippen LogP contribution in [0, 0.1) is 6.92 Å². The number of alkyl halides is 1. The molecule has 2 heterocycles. The van der Waals surface area contributed by atoms with Crippen LogP contribution in [0.15, 0.2) is 67.0 Å². The molecule has 3 aliphatic rings. The molecule has 1 unspecified atom stereocenters. The highest BCUT2D eigenvalue weighted by Crippen LogP contribution is 2.42. The van der Waals surface area contributed by atoms with Gasteiger partial charge < -0.3 is 20.5 Å². The molecule has 1 saturated carbocycles. The molecule has 0 bridgehead atoms. The van der Waals surface area contributed by atoms with Crippen molar-refractivity contribution >= 4 is 17.5 Å². The number of aryl methyl sites for hydroxylation is 3. The van der Waals surface area contributed by atoms with Crippen LogP contribution in [0.4, 0.5) is 10.1 Å². The highest BCUT2D eigenvalue weighted by molar-refractivity contribution is 6.00. The molecule has 0 radical (unpaired) electrons. The highest BCUT2D eigenvalue weighted by Gasteiger charge is 2.52. The second kappa shape index (κ2) is 10.8. The highest BCUT2D eigenvalue weighted by atomic mass is 19.1. The second-order valence-corrected chi connectivity index (χ2v) is 12.3. The Labute approximate surface area is 250 Å². The lowest BCUT2D eigenvalue weighted by Gasteiger charge is -2.33. The first-order chi connectivity index (χ1) is 20.8. The van der Waals surface area contributed by atoms with Gasteiger partial charge in [-0.15, -0.1) is 0 Å². The summed E-state index contributed by atoms with van der Waals surface area (Å²) in [6.07, 6.45) is 4.69. The van der Waals surface area contributed by atoms with Crippen molar-refractivity contribution in [2.75, 3.05) is 5.32 Å². The monoisotopic (exact) mass is 577 g/mol. The molecule has 7 rings (SSSR count). The number of rotatable bonds is 7. The Morgan fingerprint density at radius 2 is 1.67 bits per heavy atom. The zero-order valence-corrected chi connectivity index (χ0v) is 24.5. The minimum atomic E-state index is -1.88. The lowest BCUT2D eigenvalue weighted by Crippen LogP contribution is -2.51. The number of carbonyl (C=O) groups is 2. The summed E-state index contributed by atoms with van der Waals surface area (Å²) in [5, 5.41) is 9.27. The molecule has 43 heavy (non-hydrogen) atoms. The fourth-order valence-electron chi connectivity index (χ4n) is 6.68. The number of halogens is 1. The van der Waals surface area contributed by atoms with Gasteiger partial charge in [-0.3, -0.25) is 9.59 Å². The van der Waals surface area contributed by atoms with Crippen molar-refractivity contribution in [3.05, 3.63) is 94.9 Å². The Bertz CT molecular complexity index is 1700. The van der Waals surface area contributed by atoms with Crippen molar-refractivity contribution < 1.29 is 14.0 Å². The van der Waals surface area contributed by atoms with E-state index >= 15 is 0 Å². The molecule has 2 amide bonds. The predicted molar refractivity (Wildman–Crippen MR) is 165 cm³/mol. The van der Waals surface area contributed by atoms with Crippen LogP contribution in [0.5, 0.6) is 0 Å². The zero-order chi connectivity index (χ0) is 29.7. The first-order valence-electron chi connectivity index (χ1n) is 15.1. The Morgan fingerprint density at radius 1 is 0.977 bits per heavy atom. The van der Waals surface area contributed by atoms with E-state index in [1.165, 1.54) is 16.7 Å². The van der Waals surface area contributed by atoms with Crippen LogP contribution in [0.25, 0.3) is 22.4 Å². The third-order valence-corrected chi connectivity index (χ3v) is 9.29. The standard InChI is InChI=1S/C35H36FN5O2/c1-21-32(41(2)20-38-21)23-10-12-28(13-11-23)39-33(42)31(40-34(43)35(36)14-15-35)29-5-3-4-22-6-7-25(17-30(22)29)24-8-9-26-18-37-19-27(26)16-24/h6-13,16-17,20,29,31,37H,3-5,14-15,18-19H2,1-2H3,(H,39,42)(H,40,43)/t29-,31?/m1/s1. The van der Waals surface area contributed by atoms with Gasteiger partial charge in [0.15, 0.2) is 5.67 Å². The molecule has 1 fully saturated rings. The maximum absolute atomic E-state index is 14.9. The average Bonchev–Trinajstić information content (AvgIpc) is 3.44. The maximum atomic E-state index is 14.9. The number of imidazole rings is 1. The first-order valence-corrected chi connectivity index (χ1v) is 15.1. The SMILES string of the molecule is Cc1ncn(C)c1-c1ccc(NC(=O)C(NC(=O)C2(F)CC2)[C@@H]2CCCc3ccc(-c4ccc5c(c4)CNC5)cc32)cc1. The van der Waals surface area contributed by atoms with Gasteiger partial charge in [0, 0.05) is 37.3 Å². The summed E-state index contributed by atoms with van der Waals surface area (Å²) in [7, 11) is 1.95. The van der Waals surface area contributed by atoms with Crippen molar-refractivity contribution in [3.63, 3.8) is 0 Å². The van der Waals surface area contributed by atoms with Crippen LogP contribution in [0.3, 0.4) is 0 Å². The van der Waals surface area contributed by atoms with Crippen molar-refractivity contribution in [2.45, 2.75) is 69.7 Å². The fourth-order valence-corrected chi connectivity index (χ4v) is 6.68. The van der Waals surface area contributed by atoms with E-state index in [9.17, 15) is 14.0 Å². The Kier molecular flexibility index (Phi) is 6.89. The van der Waals surface area contributed by atoms with Crippen molar-refractivity contribution in [3.8, 4) is 22.4 Å². The summed E-state index contributed by atoms with van der Waals surface area (Å²) in [6.45, 7) is 3.71. The predicted octanol–water partition coefficient (Wildman–Crippen LogP) is 5.71. The van der Waals surface area contributed by atoms with Gasteiger partial charge in [-0.2, -0.15) is 0 Å². The number of hydrogen-bond acceptors (Lipinski definition) is 4. The molecule has 0 spiro atoms. The number of fused-ring (bicyclic) bond motifs is 2. The summed E-state index contributed by atoms with van der Waals surface area (Å²) in [5.74, 6) is -1.31. The molecule has 7 nitrogen and oxygen atoms in total. The Balaban J connectivity index is 1.19. The summed E-state index contributed by atoms with van der Waals surface area (Å²) in [4.78, 5) is 31.3.